The Bertz CT molecular complexity index is 255. The van der Waals surface area contributed by atoms with Crippen molar-refractivity contribution in [3.63, 3.8) is 0 Å². The first-order chi connectivity index (χ1) is 10.3. The highest BCUT2D eigenvalue weighted by Gasteiger charge is 1.98. The number of unbranched alkanes of at least 4 members (excludes halogenated alkanes) is 4. The van der Waals surface area contributed by atoms with Crippen LogP contribution < -0.4 is 5.32 Å². The minimum Gasteiger partial charge on any atom is -0.481 e. The van der Waals surface area contributed by atoms with Crippen molar-refractivity contribution >= 4 is 11.9 Å². The fourth-order valence-electron chi connectivity index (χ4n) is 1.58. The van der Waals surface area contributed by atoms with Crippen molar-refractivity contribution in [1.29, 1.82) is 0 Å². The molecule has 0 radical (unpaired) electrons. The molecule has 0 spiro atoms. The second kappa shape index (κ2) is 16.2. The van der Waals surface area contributed by atoms with E-state index in [0.29, 0.717) is 25.9 Å². The van der Waals surface area contributed by atoms with Gasteiger partial charge in [-0.25, -0.2) is 0 Å². The lowest BCUT2D eigenvalue weighted by Crippen LogP contribution is -2.30. The Labute approximate surface area is 132 Å². The average Bonchev–Trinajstić information content (AvgIpc) is 2.36. The predicted octanol–water partition coefficient (Wildman–Crippen LogP) is 1.22. The molecule has 2 atom stereocenters. The third kappa shape index (κ3) is 27.2. The zero-order valence-electron chi connectivity index (χ0n) is 13.6. The topological polar surface area (TPSA) is 127 Å². The van der Waals surface area contributed by atoms with Gasteiger partial charge in [0.15, 0.2) is 0 Å². The third-order valence-electron chi connectivity index (χ3n) is 2.66. The summed E-state index contributed by atoms with van der Waals surface area (Å²) >= 11 is 0. The number of carboxylic acid groups (broad SMARTS) is 2. The summed E-state index contributed by atoms with van der Waals surface area (Å²) in [7, 11) is 0. The molecule has 0 aromatic rings. The second-order valence-electron chi connectivity index (χ2n) is 5.41. The monoisotopic (exact) mass is 321 g/mol. The van der Waals surface area contributed by atoms with Gasteiger partial charge in [0.25, 0.3) is 0 Å². The summed E-state index contributed by atoms with van der Waals surface area (Å²) < 4.78 is 0. The van der Waals surface area contributed by atoms with Crippen LogP contribution in [0, 0.1) is 0 Å². The summed E-state index contributed by atoms with van der Waals surface area (Å²) in [5.74, 6) is -1.52. The molecule has 132 valence electrons. The first-order valence-electron chi connectivity index (χ1n) is 7.76. The summed E-state index contributed by atoms with van der Waals surface area (Å²) in [5.41, 5.74) is 0. The molecule has 0 aliphatic carbocycles. The molecule has 0 aromatic heterocycles. The Morgan fingerprint density at radius 2 is 1.09 bits per heavy atom. The number of aliphatic carboxylic acids is 2. The average molecular weight is 321 g/mol. The van der Waals surface area contributed by atoms with Crippen LogP contribution in [0.2, 0.25) is 0 Å². The standard InChI is InChI=1S/C9H16O4.C6H15NO2/c10-8(11)6-4-2-1-3-5-7-9(12)13;1-5(8)3-7-4-6(2)9/h1-7H2,(H,10,11)(H,12,13);5-9H,3-4H2,1-2H3. The summed E-state index contributed by atoms with van der Waals surface area (Å²) in [6.07, 6.45) is 3.87. The SMILES string of the molecule is CC(O)CNCC(C)O.O=C(O)CCCCCCCC(=O)O. The zero-order valence-corrected chi connectivity index (χ0v) is 13.6. The summed E-state index contributed by atoms with van der Waals surface area (Å²) in [5, 5.41) is 36.9. The van der Waals surface area contributed by atoms with Gasteiger partial charge in [-0.1, -0.05) is 19.3 Å². The number of aliphatic hydroxyl groups excluding tert-OH is 2. The van der Waals surface area contributed by atoms with E-state index in [0.717, 1.165) is 19.3 Å². The van der Waals surface area contributed by atoms with E-state index in [1.54, 1.807) is 13.8 Å². The number of hydrogen-bond acceptors (Lipinski definition) is 5. The number of aliphatic hydroxyl groups is 2. The minimum atomic E-state index is -0.759. The van der Waals surface area contributed by atoms with Gasteiger partial charge in [-0.05, 0) is 26.7 Å². The van der Waals surface area contributed by atoms with E-state index >= 15 is 0 Å². The molecular formula is C15H31NO6. The van der Waals surface area contributed by atoms with Crippen LogP contribution in [0.5, 0.6) is 0 Å². The molecule has 0 aliphatic heterocycles. The quantitative estimate of drug-likeness (QED) is 0.342. The molecule has 0 heterocycles. The molecular weight excluding hydrogens is 290 g/mol. The van der Waals surface area contributed by atoms with Crippen molar-refractivity contribution in [1.82, 2.24) is 5.32 Å². The fraction of sp³-hybridized carbons (Fsp3) is 0.867. The Morgan fingerprint density at radius 3 is 1.36 bits per heavy atom. The van der Waals surface area contributed by atoms with Crippen LogP contribution >= 0.6 is 0 Å². The van der Waals surface area contributed by atoms with Gasteiger partial charge >= 0.3 is 11.9 Å². The van der Waals surface area contributed by atoms with Crippen LogP contribution in [0.3, 0.4) is 0 Å². The largest absolute Gasteiger partial charge is 0.481 e. The second-order valence-corrected chi connectivity index (χ2v) is 5.41. The van der Waals surface area contributed by atoms with E-state index in [1.807, 2.05) is 0 Å². The van der Waals surface area contributed by atoms with Gasteiger partial charge in [-0.3, -0.25) is 9.59 Å². The van der Waals surface area contributed by atoms with Crippen LogP contribution in [0.4, 0.5) is 0 Å². The van der Waals surface area contributed by atoms with Crippen molar-refractivity contribution in [3.05, 3.63) is 0 Å². The van der Waals surface area contributed by atoms with E-state index in [4.69, 9.17) is 20.4 Å². The minimum absolute atomic E-state index is 0.221. The summed E-state index contributed by atoms with van der Waals surface area (Å²) in [4.78, 5) is 20.2. The van der Waals surface area contributed by atoms with Crippen LogP contribution in [-0.2, 0) is 9.59 Å². The number of rotatable bonds is 12. The van der Waals surface area contributed by atoms with Gasteiger partial charge in [0, 0.05) is 25.9 Å². The Kier molecular flexibility index (Phi) is 17.0. The van der Waals surface area contributed by atoms with Crippen LogP contribution in [-0.4, -0.2) is 57.7 Å². The molecule has 0 rings (SSSR count). The normalized spacial score (nSPS) is 12.9. The first kappa shape index (κ1) is 23.1. The van der Waals surface area contributed by atoms with Crippen molar-refractivity contribution in [2.45, 2.75) is 71.0 Å². The van der Waals surface area contributed by atoms with Gasteiger partial charge in [-0.15, -0.1) is 0 Å². The van der Waals surface area contributed by atoms with Crippen molar-refractivity contribution in [3.8, 4) is 0 Å². The number of carbonyl (C=O) groups is 2. The maximum atomic E-state index is 10.1. The summed E-state index contributed by atoms with van der Waals surface area (Å²) in [6.45, 7) is 4.50. The molecule has 0 saturated carbocycles. The number of nitrogens with one attached hydrogen (secondary N) is 1. The van der Waals surface area contributed by atoms with Gasteiger partial charge in [0.05, 0.1) is 12.2 Å². The van der Waals surface area contributed by atoms with E-state index in [9.17, 15) is 9.59 Å². The third-order valence-corrected chi connectivity index (χ3v) is 2.66. The predicted molar refractivity (Wildman–Crippen MR) is 83.8 cm³/mol. The van der Waals surface area contributed by atoms with Gasteiger partial charge in [0.2, 0.25) is 0 Å². The maximum absolute atomic E-state index is 10.1. The molecule has 5 N–H and O–H groups in total. The highest BCUT2D eigenvalue weighted by Crippen LogP contribution is 2.06. The van der Waals surface area contributed by atoms with Gasteiger partial charge in [0.1, 0.15) is 0 Å². The molecule has 7 nitrogen and oxygen atoms in total. The highest BCUT2D eigenvalue weighted by molar-refractivity contribution is 5.66. The van der Waals surface area contributed by atoms with Crippen LogP contribution in [0.25, 0.3) is 0 Å². The van der Waals surface area contributed by atoms with Gasteiger partial charge < -0.3 is 25.7 Å². The Balaban J connectivity index is 0. The van der Waals surface area contributed by atoms with E-state index in [2.05, 4.69) is 5.32 Å². The molecule has 0 amide bonds. The van der Waals surface area contributed by atoms with E-state index in [1.165, 1.54) is 0 Å². The van der Waals surface area contributed by atoms with Crippen LogP contribution in [0.15, 0.2) is 0 Å². The molecule has 0 aromatic carbocycles. The van der Waals surface area contributed by atoms with Crippen LogP contribution in [0.1, 0.15) is 58.8 Å². The molecule has 0 aliphatic rings. The lowest BCUT2D eigenvalue weighted by atomic mass is 10.1. The molecule has 2 unspecified atom stereocenters. The molecule has 0 saturated heterocycles. The van der Waals surface area contributed by atoms with Crippen molar-refractivity contribution < 1.29 is 30.0 Å². The molecule has 0 fully saturated rings. The molecule has 0 bridgehead atoms. The van der Waals surface area contributed by atoms with Crippen molar-refractivity contribution in [2.75, 3.05) is 13.1 Å². The number of hydrogen-bond donors (Lipinski definition) is 5. The van der Waals surface area contributed by atoms with Gasteiger partial charge in [-0.2, -0.15) is 0 Å². The summed E-state index contributed by atoms with van der Waals surface area (Å²) in [6, 6.07) is 0. The Morgan fingerprint density at radius 1 is 0.773 bits per heavy atom. The molecule has 7 heteroatoms. The molecule has 22 heavy (non-hydrogen) atoms. The zero-order chi connectivity index (χ0) is 17.4. The lowest BCUT2D eigenvalue weighted by Gasteiger charge is -2.07. The van der Waals surface area contributed by atoms with Crippen molar-refractivity contribution in [2.24, 2.45) is 0 Å². The fourth-order valence-corrected chi connectivity index (χ4v) is 1.58. The smallest absolute Gasteiger partial charge is 0.303 e. The maximum Gasteiger partial charge on any atom is 0.303 e. The lowest BCUT2D eigenvalue weighted by molar-refractivity contribution is -0.138. The van der Waals surface area contributed by atoms with E-state index in [-0.39, 0.29) is 25.0 Å². The first-order valence-corrected chi connectivity index (χ1v) is 7.76. The van der Waals surface area contributed by atoms with E-state index < -0.39 is 11.9 Å². The Hall–Kier alpha value is -1.18. The number of carboxylic acids is 2. The highest BCUT2D eigenvalue weighted by atomic mass is 16.4.